The summed E-state index contributed by atoms with van der Waals surface area (Å²) in [7, 11) is 0. The minimum absolute atomic E-state index is 0.100. The van der Waals surface area contributed by atoms with Crippen LogP contribution in [0.2, 0.25) is 0 Å². The predicted octanol–water partition coefficient (Wildman–Crippen LogP) is 6.32. The number of nitrogens with zero attached hydrogens (tertiary/aromatic N) is 8. The summed E-state index contributed by atoms with van der Waals surface area (Å²) in [6, 6.07) is 4.13. The monoisotopic (exact) mass is 984 g/mol. The van der Waals surface area contributed by atoms with Crippen molar-refractivity contribution < 1.29 is 52.4 Å². The third-order valence-corrected chi connectivity index (χ3v) is 12.4. The highest BCUT2D eigenvalue weighted by molar-refractivity contribution is 7.09. The highest BCUT2D eigenvalue weighted by Gasteiger charge is 2.58. The third kappa shape index (κ3) is 15.2. The molecule has 6 heterocycles. The van der Waals surface area contributed by atoms with Crippen molar-refractivity contribution in [2.24, 2.45) is 0 Å². The SMILES string of the molecule is CC(C)(C)OC(=O)N1CCN(C(=O)CCCCCNC(=O)[C@H]2O[C@@H](n3cnc4c(CCc5cccs5)ncnc43)[C@@H]3OC(C)(C)O[C@@H]32)CCN(C(=O)OC(C)(C)C)CCN(C(=O)OC(C)(C)C)CC1. The van der Waals surface area contributed by atoms with Crippen LogP contribution in [-0.4, -0.2) is 169 Å². The Hall–Kier alpha value is -5.12. The number of amides is 5. The number of rotatable bonds is 11. The molecule has 1 N–H and O–H groups in total. The molecule has 3 fully saturated rings. The summed E-state index contributed by atoms with van der Waals surface area (Å²) >= 11 is 1.70. The molecule has 69 heavy (non-hydrogen) atoms. The maximum Gasteiger partial charge on any atom is 0.410 e. The second-order valence-corrected chi connectivity index (χ2v) is 22.2. The van der Waals surface area contributed by atoms with Crippen LogP contribution >= 0.6 is 11.3 Å². The Kier molecular flexibility index (Phi) is 17.2. The van der Waals surface area contributed by atoms with Crippen molar-refractivity contribution in [2.45, 2.75) is 162 Å². The number of fused-ring (bicyclic) bond motifs is 2. The molecule has 4 atom stereocenters. The molecule has 0 bridgehead atoms. The van der Waals surface area contributed by atoms with Gasteiger partial charge in [0.15, 0.2) is 23.8 Å². The Morgan fingerprint density at radius 3 is 1.77 bits per heavy atom. The third-order valence-electron chi connectivity index (χ3n) is 11.4. The normalized spacial score (nSPS) is 21.6. The molecular formula is C48H73N9O11S. The summed E-state index contributed by atoms with van der Waals surface area (Å²) in [5.41, 5.74) is -0.254. The summed E-state index contributed by atoms with van der Waals surface area (Å²) in [5.74, 6) is -1.43. The van der Waals surface area contributed by atoms with Crippen LogP contribution in [0.25, 0.3) is 11.2 Å². The highest BCUT2D eigenvalue weighted by atomic mass is 32.1. The van der Waals surface area contributed by atoms with E-state index in [1.54, 1.807) is 89.4 Å². The first-order chi connectivity index (χ1) is 32.4. The number of imidazole rings is 1. The fourth-order valence-electron chi connectivity index (χ4n) is 8.22. The van der Waals surface area contributed by atoms with E-state index in [1.807, 2.05) is 19.9 Å². The fraction of sp³-hybridized carbons (Fsp3) is 0.708. The molecule has 0 aliphatic carbocycles. The summed E-state index contributed by atoms with van der Waals surface area (Å²) in [6.45, 7) is 20.9. The first-order valence-corrected chi connectivity index (χ1v) is 24.9. The average Bonchev–Trinajstić information content (AvgIpc) is 4.04. The van der Waals surface area contributed by atoms with E-state index in [4.69, 9.17) is 28.4 Å². The summed E-state index contributed by atoms with van der Waals surface area (Å²) in [5, 5.41) is 5.06. The largest absolute Gasteiger partial charge is 0.444 e. The van der Waals surface area contributed by atoms with E-state index in [-0.39, 0.29) is 70.6 Å². The molecule has 3 aromatic heterocycles. The van der Waals surface area contributed by atoms with Crippen molar-refractivity contribution in [1.82, 2.24) is 44.4 Å². The number of thiophene rings is 1. The number of nitrogens with one attached hydrogen (secondary N) is 1. The van der Waals surface area contributed by atoms with Gasteiger partial charge in [0.2, 0.25) is 5.91 Å². The quantitative estimate of drug-likeness (QED) is 0.165. The first kappa shape index (κ1) is 53.2. The lowest BCUT2D eigenvalue weighted by Crippen LogP contribution is -2.52. The minimum Gasteiger partial charge on any atom is -0.444 e. The molecule has 6 rings (SSSR count). The lowest BCUT2D eigenvalue weighted by atomic mass is 10.1. The van der Waals surface area contributed by atoms with Crippen molar-refractivity contribution in [2.75, 3.05) is 58.9 Å². The van der Waals surface area contributed by atoms with Gasteiger partial charge in [0.05, 0.1) is 12.0 Å². The topological polar surface area (TPSA) is 209 Å². The standard InChI is InChI=1S/C48H73N9O11S/c1-45(2,3)66-42(60)54-23-21-53(22-24-55(43(61)67-46(4,5)6)26-28-56(27-25-54)44(62)68-47(7,8)9)34(58)17-13-12-14-20-49-40(59)37-36-38(65-48(10,11)64-36)41(63-37)57-31-52-35-33(50-30-51-39(35)57)19-18-32-16-15-29-69-32/h15-16,29-31,36-38,41H,12-14,17-28H2,1-11H3,(H,49,59)/t36-,37+,38-,41-/m1/s1. The predicted molar refractivity (Wildman–Crippen MR) is 256 cm³/mol. The molecule has 0 saturated carbocycles. The molecule has 21 heteroatoms. The van der Waals surface area contributed by atoms with Gasteiger partial charge in [0.1, 0.15) is 40.9 Å². The lowest BCUT2D eigenvalue weighted by molar-refractivity contribution is -0.197. The second-order valence-electron chi connectivity index (χ2n) is 21.1. The van der Waals surface area contributed by atoms with Gasteiger partial charge in [-0.1, -0.05) is 12.5 Å². The van der Waals surface area contributed by atoms with E-state index in [2.05, 4.69) is 31.7 Å². The molecule has 3 aliphatic heterocycles. The molecule has 3 aliphatic rings. The maximum absolute atomic E-state index is 13.9. The molecule has 0 unspecified atom stereocenters. The smallest absolute Gasteiger partial charge is 0.410 e. The van der Waals surface area contributed by atoms with Crippen molar-refractivity contribution >= 4 is 52.6 Å². The van der Waals surface area contributed by atoms with Gasteiger partial charge >= 0.3 is 18.3 Å². The number of aryl methyl sites for hydroxylation is 2. The lowest BCUT2D eigenvalue weighted by Gasteiger charge is -2.36. The second kappa shape index (κ2) is 22.3. The number of aromatic nitrogens is 4. The number of ether oxygens (including phenoxy) is 6. The molecule has 0 aromatic carbocycles. The minimum atomic E-state index is -0.962. The Bertz CT molecular complexity index is 2190. The molecular weight excluding hydrogens is 911 g/mol. The molecule has 0 radical (unpaired) electrons. The van der Waals surface area contributed by atoms with Crippen LogP contribution in [0.1, 0.15) is 119 Å². The van der Waals surface area contributed by atoms with E-state index in [0.29, 0.717) is 43.4 Å². The van der Waals surface area contributed by atoms with Gasteiger partial charge in [-0.05, 0) is 113 Å². The number of hydrogen-bond acceptors (Lipinski definition) is 15. The Morgan fingerprint density at radius 1 is 0.710 bits per heavy atom. The molecule has 0 spiro atoms. The van der Waals surface area contributed by atoms with Crippen molar-refractivity contribution in [1.29, 1.82) is 0 Å². The van der Waals surface area contributed by atoms with E-state index in [0.717, 1.165) is 12.1 Å². The molecule has 3 aromatic rings. The van der Waals surface area contributed by atoms with E-state index < -0.39 is 65.4 Å². The Morgan fingerprint density at radius 2 is 1.25 bits per heavy atom. The zero-order valence-electron chi connectivity index (χ0n) is 42.3. The van der Waals surface area contributed by atoms with E-state index in [9.17, 15) is 24.0 Å². The van der Waals surface area contributed by atoms with Crippen LogP contribution in [-0.2, 0) is 50.9 Å². The number of carbonyl (C=O) groups excluding carboxylic acids is 5. The molecule has 5 amide bonds. The maximum atomic E-state index is 13.9. The summed E-state index contributed by atoms with van der Waals surface area (Å²) in [6.07, 6.45) is 1.97. The van der Waals surface area contributed by atoms with Gasteiger partial charge in [-0.15, -0.1) is 11.3 Å². The average molecular weight is 984 g/mol. The van der Waals surface area contributed by atoms with Crippen molar-refractivity contribution in [3.8, 4) is 0 Å². The van der Waals surface area contributed by atoms with Gasteiger partial charge in [0, 0.05) is 70.2 Å². The summed E-state index contributed by atoms with van der Waals surface area (Å²) in [4.78, 5) is 89.2. The van der Waals surface area contributed by atoms with Gasteiger partial charge in [-0.25, -0.2) is 29.3 Å². The van der Waals surface area contributed by atoms with Crippen molar-refractivity contribution in [3.05, 3.63) is 40.7 Å². The summed E-state index contributed by atoms with van der Waals surface area (Å²) < 4.78 is 37.9. The van der Waals surface area contributed by atoms with Crippen LogP contribution < -0.4 is 5.32 Å². The van der Waals surface area contributed by atoms with Crippen LogP contribution in [0.3, 0.4) is 0 Å². The van der Waals surface area contributed by atoms with E-state index >= 15 is 0 Å². The molecule has 3 saturated heterocycles. The van der Waals surface area contributed by atoms with Crippen molar-refractivity contribution in [3.63, 3.8) is 0 Å². The van der Waals surface area contributed by atoms with Gasteiger partial charge in [-0.2, -0.15) is 0 Å². The number of carbonyl (C=O) groups is 5. The fourth-order valence-corrected chi connectivity index (χ4v) is 8.92. The zero-order valence-corrected chi connectivity index (χ0v) is 43.1. The zero-order chi connectivity index (χ0) is 50.3. The molecule has 382 valence electrons. The first-order valence-electron chi connectivity index (χ1n) is 24.1. The van der Waals surface area contributed by atoms with Crippen LogP contribution in [0.4, 0.5) is 14.4 Å². The van der Waals surface area contributed by atoms with Gasteiger partial charge < -0.3 is 53.3 Å². The van der Waals surface area contributed by atoms with Gasteiger partial charge in [0.25, 0.3) is 5.91 Å². The van der Waals surface area contributed by atoms with Crippen LogP contribution in [0, 0.1) is 0 Å². The van der Waals surface area contributed by atoms with Gasteiger partial charge in [-0.3, -0.25) is 14.2 Å². The number of unbranched alkanes of at least 4 members (excludes halogenated alkanes) is 2. The van der Waals surface area contributed by atoms with E-state index in [1.165, 1.54) is 25.9 Å². The molecule has 20 nitrogen and oxygen atoms in total. The highest BCUT2D eigenvalue weighted by Crippen LogP contribution is 2.44. The van der Waals surface area contributed by atoms with Crippen LogP contribution in [0.15, 0.2) is 30.2 Å². The Balaban J connectivity index is 1.05. The number of hydrogen-bond donors (Lipinski definition) is 1. The Labute approximate surface area is 409 Å². The van der Waals surface area contributed by atoms with Crippen LogP contribution in [0.5, 0.6) is 0 Å².